The Bertz CT molecular complexity index is 327. The van der Waals surface area contributed by atoms with E-state index in [-0.39, 0.29) is 5.54 Å². The Kier molecular flexibility index (Phi) is 5.83. The molecule has 2 atom stereocenters. The van der Waals surface area contributed by atoms with Crippen molar-refractivity contribution in [3.8, 4) is 0 Å². The van der Waals surface area contributed by atoms with Crippen molar-refractivity contribution in [1.29, 1.82) is 0 Å². The van der Waals surface area contributed by atoms with Gasteiger partial charge >= 0.3 is 0 Å². The molecule has 2 nitrogen and oxygen atoms in total. The fourth-order valence-corrected chi connectivity index (χ4v) is 2.72. The topological polar surface area (TPSA) is 15.3 Å². The van der Waals surface area contributed by atoms with Crippen LogP contribution in [-0.2, 0) is 6.42 Å². The number of likely N-dealkylation sites (N-methyl/N-ethyl adjacent to an activating group) is 1. The molecule has 0 radical (unpaired) electrons. The molecule has 0 fully saturated rings. The van der Waals surface area contributed by atoms with Crippen LogP contribution in [0.2, 0.25) is 0 Å². The molecule has 0 aliphatic heterocycles. The lowest BCUT2D eigenvalue weighted by Gasteiger charge is -2.33. The van der Waals surface area contributed by atoms with Gasteiger partial charge in [0.1, 0.15) is 0 Å². The molecule has 104 valence electrons. The minimum Gasteiger partial charge on any atom is -0.311 e. The summed E-state index contributed by atoms with van der Waals surface area (Å²) < 4.78 is 0. The molecule has 0 saturated heterocycles. The van der Waals surface area contributed by atoms with Crippen LogP contribution in [0.1, 0.15) is 39.5 Å². The standard InChI is InChI=1S/C15H28N2S/c1-12(10-14-8-7-9-18-14)17(6)13(2)11-16-15(3,4)5/h7-9,12-13,16H,10-11H2,1-6H3. The first-order chi connectivity index (χ1) is 8.29. The second-order valence-electron chi connectivity index (χ2n) is 6.28. The zero-order valence-electron chi connectivity index (χ0n) is 12.7. The van der Waals surface area contributed by atoms with Gasteiger partial charge in [-0.3, -0.25) is 4.90 Å². The lowest BCUT2D eigenvalue weighted by molar-refractivity contribution is 0.183. The summed E-state index contributed by atoms with van der Waals surface area (Å²) in [5, 5.41) is 5.74. The highest BCUT2D eigenvalue weighted by Gasteiger charge is 2.18. The summed E-state index contributed by atoms with van der Waals surface area (Å²) in [6.45, 7) is 12.3. The van der Waals surface area contributed by atoms with E-state index in [4.69, 9.17) is 0 Å². The van der Waals surface area contributed by atoms with Crippen molar-refractivity contribution < 1.29 is 0 Å². The maximum atomic E-state index is 3.58. The SMILES string of the molecule is CC(CNC(C)(C)C)N(C)C(C)Cc1cccs1. The summed E-state index contributed by atoms with van der Waals surface area (Å²) in [5.74, 6) is 0. The van der Waals surface area contributed by atoms with E-state index in [9.17, 15) is 0 Å². The molecule has 2 unspecified atom stereocenters. The van der Waals surface area contributed by atoms with E-state index in [2.05, 4.69) is 69.4 Å². The van der Waals surface area contributed by atoms with E-state index >= 15 is 0 Å². The number of nitrogens with zero attached hydrogens (tertiary/aromatic N) is 1. The predicted molar refractivity (Wildman–Crippen MR) is 82.5 cm³/mol. The summed E-state index contributed by atoms with van der Waals surface area (Å²) in [4.78, 5) is 3.95. The molecule has 0 spiro atoms. The number of rotatable bonds is 6. The average molecular weight is 268 g/mol. The molecule has 0 aromatic carbocycles. The Balaban J connectivity index is 2.40. The van der Waals surface area contributed by atoms with E-state index < -0.39 is 0 Å². The van der Waals surface area contributed by atoms with Crippen molar-refractivity contribution in [3.05, 3.63) is 22.4 Å². The van der Waals surface area contributed by atoms with Gasteiger partial charge in [0.2, 0.25) is 0 Å². The fourth-order valence-electron chi connectivity index (χ4n) is 1.90. The van der Waals surface area contributed by atoms with Crippen molar-refractivity contribution in [2.24, 2.45) is 0 Å². The van der Waals surface area contributed by atoms with Crippen LogP contribution in [0.4, 0.5) is 0 Å². The number of hydrogen-bond acceptors (Lipinski definition) is 3. The second kappa shape index (κ2) is 6.69. The van der Waals surface area contributed by atoms with E-state index in [0.29, 0.717) is 12.1 Å². The molecule has 0 aliphatic rings. The maximum absolute atomic E-state index is 3.58. The van der Waals surface area contributed by atoms with E-state index in [0.717, 1.165) is 13.0 Å². The van der Waals surface area contributed by atoms with E-state index in [1.807, 2.05) is 11.3 Å². The van der Waals surface area contributed by atoms with Gasteiger partial charge in [-0.15, -0.1) is 11.3 Å². The third-order valence-electron chi connectivity index (χ3n) is 3.40. The van der Waals surface area contributed by atoms with Gasteiger partial charge in [-0.05, 0) is 59.5 Å². The van der Waals surface area contributed by atoms with Crippen LogP contribution in [0.25, 0.3) is 0 Å². The highest BCUT2D eigenvalue weighted by Crippen LogP contribution is 2.15. The monoisotopic (exact) mass is 268 g/mol. The molecule has 3 heteroatoms. The maximum Gasteiger partial charge on any atom is 0.0192 e. The van der Waals surface area contributed by atoms with Crippen LogP contribution in [0.5, 0.6) is 0 Å². The molecule has 1 aromatic heterocycles. The van der Waals surface area contributed by atoms with E-state index in [1.54, 1.807) is 0 Å². The lowest BCUT2D eigenvalue weighted by atomic mass is 10.1. The molecule has 0 bridgehead atoms. The Morgan fingerprint density at radius 1 is 1.28 bits per heavy atom. The Hall–Kier alpha value is -0.380. The Morgan fingerprint density at radius 3 is 2.44 bits per heavy atom. The zero-order valence-corrected chi connectivity index (χ0v) is 13.5. The normalized spacial score (nSPS) is 15.9. The van der Waals surface area contributed by atoms with Crippen LogP contribution < -0.4 is 5.32 Å². The van der Waals surface area contributed by atoms with Gasteiger partial charge in [-0.2, -0.15) is 0 Å². The lowest BCUT2D eigenvalue weighted by Crippen LogP contribution is -2.48. The first-order valence-electron chi connectivity index (χ1n) is 6.79. The minimum atomic E-state index is 0.200. The number of hydrogen-bond donors (Lipinski definition) is 1. The molecule has 1 aromatic rings. The highest BCUT2D eigenvalue weighted by molar-refractivity contribution is 7.09. The van der Waals surface area contributed by atoms with Gasteiger partial charge in [-0.1, -0.05) is 6.07 Å². The molecule has 1 rings (SSSR count). The van der Waals surface area contributed by atoms with Gasteiger partial charge in [0.25, 0.3) is 0 Å². The minimum absolute atomic E-state index is 0.200. The zero-order chi connectivity index (χ0) is 13.8. The van der Waals surface area contributed by atoms with Gasteiger partial charge < -0.3 is 5.32 Å². The van der Waals surface area contributed by atoms with Gasteiger partial charge in [0.15, 0.2) is 0 Å². The molecular formula is C15H28N2S. The summed E-state index contributed by atoms with van der Waals surface area (Å²) >= 11 is 1.86. The van der Waals surface area contributed by atoms with Gasteiger partial charge in [0, 0.05) is 29.0 Å². The first kappa shape index (κ1) is 15.7. The van der Waals surface area contributed by atoms with Crippen molar-refractivity contribution >= 4 is 11.3 Å². The number of nitrogens with one attached hydrogen (secondary N) is 1. The largest absolute Gasteiger partial charge is 0.311 e. The van der Waals surface area contributed by atoms with Crippen LogP contribution in [-0.4, -0.2) is 36.1 Å². The van der Waals surface area contributed by atoms with E-state index in [1.165, 1.54) is 4.88 Å². The number of thiophene rings is 1. The molecule has 0 aliphatic carbocycles. The third kappa shape index (κ3) is 5.51. The molecule has 0 amide bonds. The second-order valence-corrected chi connectivity index (χ2v) is 7.31. The Morgan fingerprint density at radius 2 is 1.94 bits per heavy atom. The van der Waals surface area contributed by atoms with Crippen LogP contribution in [0, 0.1) is 0 Å². The quantitative estimate of drug-likeness (QED) is 0.851. The third-order valence-corrected chi connectivity index (χ3v) is 4.29. The average Bonchev–Trinajstić information content (AvgIpc) is 2.76. The molecule has 0 saturated carbocycles. The summed E-state index contributed by atoms with van der Waals surface area (Å²) in [6.07, 6.45) is 1.15. The van der Waals surface area contributed by atoms with Crippen molar-refractivity contribution in [3.63, 3.8) is 0 Å². The first-order valence-corrected chi connectivity index (χ1v) is 7.67. The van der Waals surface area contributed by atoms with Crippen molar-refractivity contribution in [1.82, 2.24) is 10.2 Å². The molecule has 18 heavy (non-hydrogen) atoms. The van der Waals surface area contributed by atoms with Gasteiger partial charge in [0.05, 0.1) is 0 Å². The molecule has 1 heterocycles. The smallest absolute Gasteiger partial charge is 0.0192 e. The summed E-state index contributed by atoms with van der Waals surface area (Å²) in [5.41, 5.74) is 0.200. The van der Waals surface area contributed by atoms with Crippen molar-refractivity contribution in [2.45, 2.75) is 58.7 Å². The highest BCUT2D eigenvalue weighted by atomic mass is 32.1. The molecular weight excluding hydrogens is 240 g/mol. The van der Waals surface area contributed by atoms with Crippen LogP contribution in [0.15, 0.2) is 17.5 Å². The summed E-state index contributed by atoms with van der Waals surface area (Å²) in [7, 11) is 2.23. The predicted octanol–water partition coefficient (Wildman–Crippen LogP) is 3.39. The molecule has 1 N–H and O–H groups in total. The fraction of sp³-hybridized carbons (Fsp3) is 0.733. The van der Waals surface area contributed by atoms with Gasteiger partial charge in [-0.25, -0.2) is 0 Å². The van der Waals surface area contributed by atoms with Crippen LogP contribution in [0.3, 0.4) is 0 Å². The summed E-state index contributed by atoms with van der Waals surface area (Å²) in [6, 6.07) is 5.50. The Labute approximate surface area is 116 Å². The van der Waals surface area contributed by atoms with Crippen molar-refractivity contribution in [2.75, 3.05) is 13.6 Å². The van der Waals surface area contributed by atoms with Crippen LogP contribution >= 0.6 is 11.3 Å².